The molecule has 2 amide bonds. The van der Waals surface area contributed by atoms with Crippen molar-refractivity contribution >= 4 is 11.8 Å². The van der Waals surface area contributed by atoms with Gasteiger partial charge in [-0.2, -0.15) is 0 Å². The molecule has 5 nitrogen and oxygen atoms in total. The van der Waals surface area contributed by atoms with Crippen LogP contribution in [0.4, 0.5) is 0 Å². The minimum Gasteiger partial charge on any atom is -0.350 e. The lowest BCUT2D eigenvalue weighted by Gasteiger charge is -2.21. The monoisotopic (exact) mass is 305 g/mol. The predicted molar refractivity (Wildman–Crippen MR) is 88.5 cm³/mol. The molecule has 0 radical (unpaired) electrons. The van der Waals surface area contributed by atoms with Crippen molar-refractivity contribution in [3.05, 3.63) is 35.4 Å². The molecule has 5 heteroatoms. The van der Waals surface area contributed by atoms with E-state index in [4.69, 9.17) is 0 Å². The Morgan fingerprint density at radius 2 is 1.82 bits per heavy atom. The normalized spacial score (nSPS) is 10.6. The molecule has 0 saturated heterocycles. The van der Waals surface area contributed by atoms with Gasteiger partial charge in [-0.1, -0.05) is 24.3 Å². The molecule has 1 N–H and O–H groups in total. The van der Waals surface area contributed by atoms with Gasteiger partial charge in [0.25, 0.3) is 0 Å². The molecule has 1 rings (SSSR count). The summed E-state index contributed by atoms with van der Waals surface area (Å²) < 4.78 is 0. The first kappa shape index (κ1) is 18.2. The molecule has 0 fully saturated rings. The topological polar surface area (TPSA) is 52.7 Å². The summed E-state index contributed by atoms with van der Waals surface area (Å²) >= 11 is 0. The summed E-state index contributed by atoms with van der Waals surface area (Å²) in [5.74, 6) is -0.187. The molecule has 0 aliphatic heterocycles. The number of hydrogen-bond donors (Lipinski definition) is 1. The summed E-state index contributed by atoms with van der Waals surface area (Å²) in [5.41, 5.74) is 2.25. The second kappa shape index (κ2) is 9.20. The number of carbonyl (C=O) groups excluding carboxylic acids is 2. The van der Waals surface area contributed by atoms with Crippen LogP contribution in [-0.4, -0.2) is 55.3 Å². The summed E-state index contributed by atoms with van der Waals surface area (Å²) in [5, 5.41) is 2.88. The molecule has 0 aliphatic carbocycles. The zero-order valence-corrected chi connectivity index (χ0v) is 14.1. The standard InChI is InChI=1S/C17H27N3O2/c1-14-8-5-6-9-16(14)12-18-17(22)13-20(15(2)21)11-7-10-19(3)4/h5-6,8-9H,7,10-13H2,1-4H3,(H,18,22). The van der Waals surface area contributed by atoms with Crippen LogP contribution in [0, 0.1) is 6.92 Å². The Kier molecular flexibility index (Phi) is 7.60. The summed E-state index contributed by atoms with van der Waals surface area (Å²) in [6.07, 6.45) is 0.859. The van der Waals surface area contributed by atoms with Crippen molar-refractivity contribution in [1.82, 2.24) is 15.1 Å². The number of hydrogen-bond acceptors (Lipinski definition) is 3. The van der Waals surface area contributed by atoms with Crippen LogP contribution in [0.5, 0.6) is 0 Å². The highest BCUT2D eigenvalue weighted by atomic mass is 16.2. The van der Waals surface area contributed by atoms with E-state index in [0.29, 0.717) is 13.1 Å². The average molecular weight is 305 g/mol. The molecule has 122 valence electrons. The molecule has 1 aromatic rings. The van der Waals surface area contributed by atoms with Gasteiger partial charge in [0.2, 0.25) is 11.8 Å². The average Bonchev–Trinajstić information content (AvgIpc) is 2.45. The van der Waals surface area contributed by atoms with Gasteiger partial charge in [-0.3, -0.25) is 9.59 Å². The van der Waals surface area contributed by atoms with E-state index in [1.165, 1.54) is 6.92 Å². The van der Waals surface area contributed by atoms with E-state index < -0.39 is 0 Å². The molecule has 0 aromatic heterocycles. The van der Waals surface area contributed by atoms with Gasteiger partial charge >= 0.3 is 0 Å². The summed E-state index contributed by atoms with van der Waals surface area (Å²) in [6, 6.07) is 7.94. The molecule has 0 unspecified atom stereocenters. The van der Waals surface area contributed by atoms with Gasteiger partial charge in [0, 0.05) is 20.0 Å². The van der Waals surface area contributed by atoms with Crippen molar-refractivity contribution in [2.24, 2.45) is 0 Å². The van der Waals surface area contributed by atoms with E-state index in [-0.39, 0.29) is 18.4 Å². The van der Waals surface area contributed by atoms with Gasteiger partial charge in [-0.15, -0.1) is 0 Å². The lowest BCUT2D eigenvalue weighted by atomic mass is 10.1. The summed E-state index contributed by atoms with van der Waals surface area (Å²) in [7, 11) is 3.99. The molecular weight excluding hydrogens is 278 g/mol. The van der Waals surface area contributed by atoms with Gasteiger partial charge in [0.15, 0.2) is 0 Å². The van der Waals surface area contributed by atoms with Crippen molar-refractivity contribution in [2.75, 3.05) is 33.7 Å². The third kappa shape index (κ3) is 6.72. The largest absolute Gasteiger partial charge is 0.350 e. The number of benzene rings is 1. The molecule has 0 bridgehead atoms. The highest BCUT2D eigenvalue weighted by Gasteiger charge is 2.13. The van der Waals surface area contributed by atoms with Crippen molar-refractivity contribution in [3.63, 3.8) is 0 Å². The fourth-order valence-electron chi connectivity index (χ4n) is 2.16. The first-order valence-electron chi connectivity index (χ1n) is 7.61. The van der Waals surface area contributed by atoms with Gasteiger partial charge < -0.3 is 15.1 Å². The minimum absolute atomic E-state index is 0.0650. The zero-order valence-electron chi connectivity index (χ0n) is 14.1. The molecule has 0 heterocycles. The van der Waals surface area contributed by atoms with Crippen LogP contribution in [0.15, 0.2) is 24.3 Å². The molecule has 0 aliphatic rings. The number of nitrogens with zero attached hydrogens (tertiary/aromatic N) is 2. The Morgan fingerprint density at radius 3 is 2.41 bits per heavy atom. The number of rotatable bonds is 8. The smallest absolute Gasteiger partial charge is 0.239 e. The highest BCUT2D eigenvalue weighted by molar-refractivity contribution is 5.83. The number of aryl methyl sites for hydroxylation is 1. The van der Waals surface area contributed by atoms with Crippen LogP contribution in [0.25, 0.3) is 0 Å². The second-order valence-electron chi connectivity index (χ2n) is 5.80. The fourth-order valence-corrected chi connectivity index (χ4v) is 2.16. The lowest BCUT2D eigenvalue weighted by Crippen LogP contribution is -2.40. The molecule has 0 atom stereocenters. The van der Waals surface area contributed by atoms with Crippen LogP contribution in [0.1, 0.15) is 24.5 Å². The minimum atomic E-state index is -0.122. The maximum absolute atomic E-state index is 12.0. The number of carbonyl (C=O) groups is 2. The van der Waals surface area contributed by atoms with Gasteiger partial charge in [0.05, 0.1) is 6.54 Å². The molecule has 0 spiro atoms. The highest BCUT2D eigenvalue weighted by Crippen LogP contribution is 2.06. The van der Waals surface area contributed by atoms with Crippen LogP contribution in [0.2, 0.25) is 0 Å². The van der Waals surface area contributed by atoms with E-state index in [1.807, 2.05) is 45.3 Å². The van der Waals surface area contributed by atoms with Crippen LogP contribution >= 0.6 is 0 Å². The zero-order chi connectivity index (χ0) is 16.5. The van der Waals surface area contributed by atoms with Gasteiger partial charge in [-0.05, 0) is 45.1 Å². The maximum Gasteiger partial charge on any atom is 0.239 e. The quantitative estimate of drug-likeness (QED) is 0.790. The van der Waals surface area contributed by atoms with Crippen molar-refractivity contribution in [1.29, 1.82) is 0 Å². The lowest BCUT2D eigenvalue weighted by molar-refractivity contribution is -0.134. The maximum atomic E-state index is 12.0. The van der Waals surface area contributed by atoms with Gasteiger partial charge in [0.1, 0.15) is 0 Å². The Labute approximate surface area is 133 Å². The third-order valence-corrected chi connectivity index (χ3v) is 3.55. The summed E-state index contributed by atoms with van der Waals surface area (Å²) in [6.45, 7) is 5.64. The van der Waals surface area contributed by atoms with E-state index in [9.17, 15) is 9.59 Å². The van der Waals surface area contributed by atoms with Crippen molar-refractivity contribution < 1.29 is 9.59 Å². The number of nitrogens with one attached hydrogen (secondary N) is 1. The van der Waals surface area contributed by atoms with Crippen LogP contribution in [0.3, 0.4) is 0 Å². The Balaban J connectivity index is 2.43. The van der Waals surface area contributed by atoms with Crippen LogP contribution in [-0.2, 0) is 16.1 Å². The van der Waals surface area contributed by atoms with Crippen LogP contribution < -0.4 is 5.32 Å². The molecule has 22 heavy (non-hydrogen) atoms. The van der Waals surface area contributed by atoms with E-state index in [0.717, 1.165) is 24.1 Å². The predicted octanol–water partition coefficient (Wildman–Crippen LogP) is 1.41. The summed E-state index contributed by atoms with van der Waals surface area (Å²) in [4.78, 5) is 27.3. The second-order valence-corrected chi connectivity index (χ2v) is 5.80. The Hall–Kier alpha value is -1.88. The first-order chi connectivity index (χ1) is 10.4. The van der Waals surface area contributed by atoms with E-state index in [2.05, 4.69) is 10.2 Å². The van der Waals surface area contributed by atoms with E-state index in [1.54, 1.807) is 4.90 Å². The molecule has 0 saturated carbocycles. The first-order valence-corrected chi connectivity index (χ1v) is 7.61. The fraction of sp³-hybridized carbons (Fsp3) is 0.529. The molecular formula is C17H27N3O2. The third-order valence-electron chi connectivity index (χ3n) is 3.55. The van der Waals surface area contributed by atoms with Crippen molar-refractivity contribution in [2.45, 2.75) is 26.8 Å². The Morgan fingerprint density at radius 1 is 1.14 bits per heavy atom. The van der Waals surface area contributed by atoms with Gasteiger partial charge in [-0.25, -0.2) is 0 Å². The van der Waals surface area contributed by atoms with E-state index >= 15 is 0 Å². The van der Waals surface area contributed by atoms with Crippen molar-refractivity contribution in [3.8, 4) is 0 Å². The molecule has 1 aromatic carbocycles. The SMILES string of the molecule is CC(=O)N(CCCN(C)C)CC(=O)NCc1ccccc1C. The Bertz CT molecular complexity index is 500. The number of amides is 2.